The third kappa shape index (κ3) is 4.08. The van der Waals surface area contributed by atoms with Gasteiger partial charge in [-0.2, -0.15) is 0 Å². The van der Waals surface area contributed by atoms with E-state index in [2.05, 4.69) is 0 Å². The number of carbonyl (C=O) groups excluding carboxylic acids is 4. The first-order valence-electron chi connectivity index (χ1n) is 10.4. The van der Waals surface area contributed by atoms with E-state index in [1.54, 1.807) is 32.9 Å². The topological polar surface area (TPSA) is 93.2 Å². The largest absolute Gasteiger partial charge is 0.444 e. The van der Waals surface area contributed by atoms with E-state index in [0.717, 1.165) is 5.56 Å². The van der Waals surface area contributed by atoms with Gasteiger partial charge in [0.1, 0.15) is 11.6 Å². The number of hydrogen-bond acceptors (Lipinski definition) is 6. The third-order valence-electron chi connectivity index (χ3n) is 5.41. The Bertz CT molecular complexity index is 1040. The van der Waals surface area contributed by atoms with Crippen LogP contribution in [0.4, 0.5) is 4.79 Å². The van der Waals surface area contributed by atoms with Crippen LogP contribution < -0.4 is 0 Å². The SMILES string of the molecule is CC(C)(C)OC(=O)N1CC(c2ccccc2)CC1C(=O)ON1C(=O)c2ccccc2C1=O. The summed E-state index contributed by atoms with van der Waals surface area (Å²) in [6.45, 7) is 5.46. The van der Waals surface area contributed by atoms with Crippen molar-refractivity contribution in [2.24, 2.45) is 0 Å². The fraction of sp³-hybridized carbons (Fsp3) is 0.333. The lowest BCUT2D eigenvalue weighted by Gasteiger charge is -2.28. The maximum atomic E-state index is 13.1. The molecule has 8 heteroatoms. The lowest BCUT2D eigenvalue weighted by molar-refractivity contribution is -0.173. The van der Waals surface area contributed by atoms with Crippen molar-refractivity contribution in [2.45, 2.75) is 44.8 Å². The number of likely N-dealkylation sites (tertiary alicyclic amines) is 1. The molecule has 2 unspecified atom stereocenters. The molecule has 0 aromatic heterocycles. The smallest absolute Gasteiger partial charge is 0.411 e. The van der Waals surface area contributed by atoms with Gasteiger partial charge in [0.25, 0.3) is 11.8 Å². The molecule has 2 aliphatic heterocycles. The summed E-state index contributed by atoms with van der Waals surface area (Å²) in [5.41, 5.74) is 0.557. The molecule has 1 saturated heterocycles. The lowest BCUT2D eigenvalue weighted by Crippen LogP contribution is -2.46. The Kier molecular flexibility index (Phi) is 5.46. The average molecular weight is 436 g/mol. The molecule has 0 radical (unpaired) electrons. The number of hydrogen-bond donors (Lipinski definition) is 0. The Balaban J connectivity index is 1.56. The quantitative estimate of drug-likeness (QED) is 0.684. The Morgan fingerprint density at radius 3 is 2.03 bits per heavy atom. The molecule has 32 heavy (non-hydrogen) atoms. The number of imide groups is 1. The second kappa shape index (κ2) is 8.11. The number of benzene rings is 2. The third-order valence-corrected chi connectivity index (χ3v) is 5.41. The summed E-state index contributed by atoms with van der Waals surface area (Å²) < 4.78 is 5.48. The molecule has 2 aliphatic rings. The fourth-order valence-electron chi connectivity index (χ4n) is 3.95. The monoisotopic (exact) mass is 436 g/mol. The van der Waals surface area contributed by atoms with Crippen molar-refractivity contribution in [1.29, 1.82) is 0 Å². The number of carbonyl (C=O) groups is 4. The van der Waals surface area contributed by atoms with Gasteiger partial charge in [-0.05, 0) is 44.9 Å². The van der Waals surface area contributed by atoms with Crippen molar-refractivity contribution < 1.29 is 28.8 Å². The van der Waals surface area contributed by atoms with E-state index >= 15 is 0 Å². The first-order valence-corrected chi connectivity index (χ1v) is 10.4. The summed E-state index contributed by atoms with van der Waals surface area (Å²) in [5.74, 6) is -2.40. The summed E-state index contributed by atoms with van der Waals surface area (Å²) in [7, 11) is 0. The number of amides is 3. The highest BCUT2D eigenvalue weighted by atomic mass is 16.7. The van der Waals surface area contributed by atoms with Crippen LogP contribution in [0.5, 0.6) is 0 Å². The molecular weight excluding hydrogens is 412 g/mol. The highest BCUT2D eigenvalue weighted by Crippen LogP contribution is 2.34. The van der Waals surface area contributed by atoms with E-state index in [4.69, 9.17) is 9.57 Å². The number of ether oxygens (including phenoxy) is 1. The predicted octanol–water partition coefficient (Wildman–Crippen LogP) is 3.53. The zero-order valence-electron chi connectivity index (χ0n) is 18.1. The number of nitrogens with zero attached hydrogens (tertiary/aromatic N) is 2. The molecule has 0 spiro atoms. The highest BCUT2D eigenvalue weighted by molar-refractivity contribution is 6.20. The maximum absolute atomic E-state index is 13.1. The Labute approximate surface area is 185 Å². The summed E-state index contributed by atoms with van der Waals surface area (Å²) in [5, 5.41) is 0.468. The van der Waals surface area contributed by atoms with Crippen LogP contribution in [-0.2, 0) is 14.4 Å². The number of rotatable bonds is 3. The Hall–Kier alpha value is -3.68. The van der Waals surface area contributed by atoms with Crippen molar-refractivity contribution in [1.82, 2.24) is 9.96 Å². The summed E-state index contributed by atoms with van der Waals surface area (Å²) in [6, 6.07) is 14.8. The summed E-state index contributed by atoms with van der Waals surface area (Å²) >= 11 is 0. The molecule has 0 saturated carbocycles. The van der Waals surface area contributed by atoms with Crippen LogP contribution in [0.15, 0.2) is 54.6 Å². The molecule has 3 amide bonds. The Morgan fingerprint density at radius 1 is 0.906 bits per heavy atom. The van der Waals surface area contributed by atoms with Gasteiger partial charge in [-0.1, -0.05) is 47.5 Å². The first-order chi connectivity index (χ1) is 15.2. The van der Waals surface area contributed by atoms with E-state index < -0.39 is 35.5 Å². The number of fused-ring (bicyclic) bond motifs is 1. The highest BCUT2D eigenvalue weighted by Gasteiger charge is 2.46. The Morgan fingerprint density at radius 2 is 1.47 bits per heavy atom. The van der Waals surface area contributed by atoms with Crippen molar-refractivity contribution in [2.75, 3.05) is 6.54 Å². The van der Waals surface area contributed by atoms with Crippen molar-refractivity contribution in [3.8, 4) is 0 Å². The molecular formula is C24H24N2O6. The van der Waals surface area contributed by atoms with Crippen LogP contribution in [0, 0.1) is 0 Å². The minimum atomic E-state index is -1.00. The molecule has 2 aromatic rings. The lowest BCUT2D eigenvalue weighted by atomic mass is 9.96. The maximum Gasteiger partial charge on any atom is 0.411 e. The second-order valence-corrected chi connectivity index (χ2v) is 8.85. The van der Waals surface area contributed by atoms with E-state index in [1.165, 1.54) is 17.0 Å². The van der Waals surface area contributed by atoms with Crippen molar-refractivity contribution in [3.63, 3.8) is 0 Å². The predicted molar refractivity (Wildman–Crippen MR) is 114 cm³/mol. The second-order valence-electron chi connectivity index (χ2n) is 8.85. The van der Waals surface area contributed by atoms with Gasteiger partial charge >= 0.3 is 12.1 Å². The summed E-state index contributed by atoms with van der Waals surface area (Å²) in [6.07, 6.45) is -0.370. The minimum absolute atomic E-state index is 0.122. The molecule has 166 valence electrons. The molecule has 2 aromatic carbocycles. The van der Waals surface area contributed by atoms with E-state index in [-0.39, 0.29) is 30.0 Å². The van der Waals surface area contributed by atoms with Gasteiger partial charge in [-0.3, -0.25) is 14.5 Å². The normalized spacial score (nSPS) is 20.3. The van der Waals surface area contributed by atoms with Crippen LogP contribution in [0.3, 0.4) is 0 Å². The van der Waals surface area contributed by atoms with Crippen LogP contribution in [0.1, 0.15) is 59.4 Å². The van der Waals surface area contributed by atoms with Gasteiger partial charge in [0, 0.05) is 12.5 Å². The summed E-state index contributed by atoms with van der Waals surface area (Å²) in [4.78, 5) is 57.6. The zero-order valence-corrected chi connectivity index (χ0v) is 18.1. The van der Waals surface area contributed by atoms with Gasteiger partial charge in [-0.15, -0.1) is 0 Å². The van der Waals surface area contributed by atoms with Crippen LogP contribution in [0.25, 0.3) is 0 Å². The minimum Gasteiger partial charge on any atom is -0.444 e. The average Bonchev–Trinajstić information content (AvgIpc) is 3.30. The molecule has 8 nitrogen and oxygen atoms in total. The van der Waals surface area contributed by atoms with Crippen molar-refractivity contribution >= 4 is 23.9 Å². The molecule has 4 rings (SSSR count). The van der Waals surface area contributed by atoms with E-state index in [9.17, 15) is 19.2 Å². The first kappa shape index (κ1) is 21.5. The molecule has 0 bridgehead atoms. The zero-order chi connectivity index (χ0) is 23.0. The standard InChI is InChI=1S/C24H24N2O6/c1-24(2,3)31-23(30)25-14-16(15-9-5-4-6-10-15)13-19(25)22(29)32-26-20(27)17-11-7-8-12-18(17)21(26)28/h4-12,16,19H,13-14H2,1-3H3. The van der Waals surface area contributed by atoms with Crippen LogP contribution in [-0.4, -0.2) is 52.0 Å². The van der Waals surface area contributed by atoms with Crippen LogP contribution in [0.2, 0.25) is 0 Å². The molecule has 2 heterocycles. The van der Waals surface area contributed by atoms with Gasteiger partial charge in [0.05, 0.1) is 11.1 Å². The van der Waals surface area contributed by atoms with E-state index in [1.807, 2.05) is 30.3 Å². The van der Waals surface area contributed by atoms with Crippen LogP contribution >= 0.6 is 0 Å². The number of hydroxylamine groups is 2. The van der Waals surface area contributed by atoms with E-state index in [0.29, 0.717) is 5.06 Å². The van der Waals surface area contributed by atoms with Gasteiger partial charge in [-0.25, -0.2) is 9.59 Å². The van der Waals surface area contributed by atoms with Gasteiger partial charge in [0.2, 0.25) is 0 Å². The molecule has 1 fully saturated rings. The molecule has 0 N–H and O–H groups in total. The molecule has 2 atom stereocenters. The van der Waals surface area contributed by atoms with Gasteiger partial charge in [0.15, 0.2) is 0 Å². The van der Waals surface area contributed by atoms with Gasteiger partial charge < -0.3 is 9.57 Å². The molecule has 0 aliphatic carbocycles. The fourth-order valence-corrected chi connectivity index (χ4v) is 3.95. The van der Waals surface area contributed by atoms with Crippen molar-refractivity contribution in [3.05, 3.63) is 71.3 Å².